The zero-order chi connectivity index (χ0) is 36.8. The van der Waals surface area contributed by atoms with E-state index in [0.29, 0.717) is 89.3 Å². The summed E-state index contributed by atoms with van der Waals surface area (Å²) in [6.07, 6.45) is 0.624. The van der Waals surface area contributed by atoms with Gasteiger partial charge >= 0.3 is 0 Å². The zero-order valence-corrected chi connectivity index (χ0v) is 29.9. The number of nitrogens with zero attached hydrogens (tertiary/aromatic N) is 2. The molecule has 8 saturated heterocycles. The van der Waals surface area contributed by atoms with Crippen molar-refractivity contribution in [2.45, 2.75) is 74.5 Å². The molecule has 8 atom stereocenters. The number of carbonyl (C=O) groups excluding carboxylic acids is 4. The lowest BCUT2D eigenvalue weighted by atomic mass is 9.76. The quantitative estimate of drug-likeness (QED) is 0.160. The Morgan fingerprint density at radius 2 is 0.685 bits per heavy atom. The lowest BCUT2D eigenvalue weighted by Gasteiger charge is -2.31. The number of amides is 4. The number of rotatable bonds is 20. The van der Waals surface area contributed by atoms with Crippen molar-refractivity contribution in [3.63, 3.8) is 0 Å². The smallest absolute Gasteiger partial charge is 0.255 e. The maximum Gasteiger partial charge on any atom is 0.255 e. The summed E-state index contributed by atoms with van der Waals surface area (Å²) in [5, 5.41) is 0.763. The summed E-state index contributed by atoms with van der Waals surface area (Å²) in [6, 6.07) is 0. The standard InChI is InChI=1S/C38H44N4O12/c39-35(43)31-29-27(3-19-11-49-19)25(1-17-9-47-17)26(2-18-10-48-18)28(4-20-12-50-20)30(29)33(37(45)41(5-21-13-51-21)6-22-14-52-22)34(32(31)36(40)44)38(46)42(7-23-15-53-23)8-24-16-54-24/h17-24H,1-16H2,(H2,39,43)(H2,40,44). The van der Waals surface area contributed by atoms with Crippen LogP contribution in [0.2, 0.25) is 0 Å². The minimum atomic E-state index is -1.04. The van der Waals surface area contributed by atoms with Gasteiger partial charge in [0.25, 0.3) is 11.8 Å². The molecule has 8 aliphatic rings. The van der Waals surface area contributed by atoms with E-state index in [-0.39, 0.29) is 97.3 Å². The van der Waals surface area contributed by atoms with Crippen molar-refractivity contribution in [1.82, 2.24) is 9.80 Å². The van der Waals surface area contributed by atoms with Gasteiger partial charge in [-0.05, 0) is 33.0 Å². The van der Waals surface area contributed by atoms with Gasteiger partial charge in [-0.3, -0.25) is 19.2 Å². The molecule has 0 spiro atoms. The van der Waals surface area contributed by atoms with Crippen LogP contribution in [0.5, 0.6) is 0 Å². The average Bonchev–Trinajstić information content (AvgIpc) is 3.94. The topological polar surface area (TPSA) is 227 Å². The van der Waals surface area contributed by atoms with Crippen LogP contribution in [0.4, 0.5) is 0 Å². The highest BCUT2D eigenvalue weighted by molar-refractivity contribution is 6.28. The first-order chi connectivity index (χ1) is 26.2. The second kappa shape index (κ2) is 13.5. The molecule has 0 saturated carbocycles. The van der Waals surface area contributed by atoms with Crippen LogP contribution in [0.15, 0.2) is 0 Å². The highest BCUT2D eigenvalue weighted by Gasteiger charge is 2.44. The fraction of sp³-hybridized carbons (Fsp3) is 0.632. The summed E-state index contributed by atoms with van der Waals surface area (Å²) in [6.45, 7) is 4.96. The van der Waals surface area contributed by atoms with Crippen LogP contribution in [0, 0.1) is 0 Å². The SMILES string of the molecule is NC(=O)c1c(C(=O)N(CC2CO2)CC2CO2)c(C(=O)N(CC2CO2)CC2CO2)c2c(CC3CO3)c(CC3CO3)c(CC3CO3)c(CC3CO3)c2c1C(N)=O. The molecule has 10 rings (SSSR count). The number of carbonyl (C=O) groups is 4. The predicted molar refractivity (Wildman–Crippen MR) is 186 cm³/mol. The number of ether oxygens (including phenoxy) is 8. The summed E-state index contributed by atoms with van der Waals surface area (Å²) < 4.78 is 45.5. The van der Waals surface area contributed by atoms with Gasteiger partial charge in [0.15, 0.2) is 0 Å². The van der Waals surface area contributed by atoms with Crippen LogP contribution in [-0.2, 0) is 63.6 Å². The summed E-state index contributed by atoms with van der Waals surface area (Å²) in [7, 11) is 0. The number of fused-ring (bicyclic) bond motifs is 1. The van der Waals surface area contributed by atoms with Gasteiger partial charge in [-0.2, -0.15) is 0 Å². The third-order valence-electron chi connectivity index (χ3n) is 11.3. The monoisotopic (exact) mass is 748 g/mol. The van der Waals surface area contributed by atoms with Gasteiger partial charge in [-0.15, -0.1) is 0 Å². The molecule has 0 aromatic heterocycles. The molecule has 4 amide bonds. The predicted octanol–water partition coefficient (Wildman–Crippen LogP) is -0.718. The Bertz CT molecular complexity index is 1890. The van der Waals surface area contributed by atoms with E-state index in [1.165, 1.54) is 0 Å². The second-order valence-electron chi connectivity index (χ2n) is 15.8. The number of primary amides is 2. The largest absolute Gasteiger partial charge is 0.373 e. The Morgan fingerprint density at radius 3 is 0.981 bits per heavy atom. The highest BCUT2D eigenvalue weighted by Crippen LogP contribution is 2.45. The summed E-state index contributed by atoms with van der Waals surface area (Å²) in [5.74, 6) is -3.09. The Morgan fingerprint density at radius 1 is 0.407 bits per heavy atom. The maximum absolute atomic E-state index is 15.6. The number of hydrogen-bond acceptors (Lipinski definition) is 12. The van der Waals surface area contributed by atoms with Crippen molar-refractivity contribution < 1.29 is 57.1 Å². The van der Waals surface area contributed by atoms with Crippen molar-refractivity contribution in [2.75, 3.05) is 79.0 Å². The van der Waals surface area contributed by atoms with Crippen molar-refractivity contribution in [2.24, 2.45) is 11.5 Å². The molecule has 2 aromatic carbocycles. The molecule has 54 heavy (non-hydrogen) atoms. The fourth-order valence-electron chi connectivity index (χ4n) is 8.01. The minimum Gasteiger partial charge on any atom is -0.373 e. The molecule has 0 radical (unpaired) electrons. The van der Waals surface area contributed by atoms with Crippen LogP contribution in [0.25, 0.3) is 10.8 Å². The van der Waals surface area contributed by atoms with Gasteiger partial charge in [-0.1, -0.05) is 0 Å². The molecule has 2 aromatic rings. The average molecular weight is 749 g/mol. The number of epoxide rings is 8. The first-order valence-corrected chi connectivity index (χ1v) is 19.0. The van der Waals surface area contributed by atoms with Crippen molar-refractivity contribution in [3.8, 4) is 0 Å². The van der Waals surface area contributed by atoms with E-state index in [1.54, 1.807) is 9.80 Å². The molecule has 16 nitrogen and oxygen atoms in total. The van der Waals surface area contributed by atoms with Crippen LogP contribution < -0.4 is 11.5 Å². The van der Waals surface area contributed by atoms with Crippen LogP contribution >= 0.6 is 0 Å². The third kappa shape index (κ3) is 7.45. The molecule has 4 N–H and O–H groups in total. The van der Waals surface area contributed by atoms with E-state index in [0.717, 1.165) is 22.3 Å². The van der Waals surface area contributed by atoms with Crippen LogP contribution in [-0.4, -0.2) is 161 Å². The number of benzene rings is 2. The van der Waals surface area contributed by atoms with Crippen molar-refractivity contribution in [3.05, 3.63) is 44.5 Å². The molecule has 8 aliphatic heterocycles. The molecule has 16 heteroatoms. The first-order valence-electron chi connectivity index (χ1n) is 19.0. The van der Waals surface area contributed by atoms with E-state index in [1.807, 2.05) is 0 Å². The molecular weight excluding hydrogens is 704 g/mol. The van der Waals surface area contributed by atoms with Crippen LogP contribution in [0.3, 0.4) is 0 Å². The Hall–Kier alpha value is -3.74. The number of hydrogen-bond donors (Lipinski definition) is 2. The molecule has 8 fully saturated rings. The van der Waals surface area contributed by atoms with Crippen molar-refractivity contribution >= 4 is 34.4 Å². The first kappa shape index (κ1) is 34.7. The third-order valence-corrected chi connectivity index (χ3v) is 11.3. The van der Waals surface area contributed by atoms with E-state index in [4.69, 9.17) is 49.4 Å². The lowest BCUT2D eigenvalue weighted by molar-refractivity contribution is 0.0690. The van der Waals surface area contributed by atoms with Gasteiger partial charge in [-0.25, -0.2) is 0 Å². The van der Waals surface area contributed by atoms with Gasteiger partial charge in [0.1, 0.15) is 0 Å². The van der Waals surface area contributed by atoms with Gasteiger partial charge in [0, 0.05) is 51.9 Å². The van der Waals surface area contributed by atoms with Crippen LogP contribution in [0.1, 0.15) is 63.7 Å². The highest BCUT2D eigenvalue weighted by atomic mass is 16.6. The molecular formula is C38H44N4O12. The second-order valence-corrected chi connectivity index (χ2v) is 15.8. The molecule has 8 unspecified atom stereocenters. The van der Waals surface area contributed by atoms with E-state index >= 15 is 9.59 Å². The number of nitrogens with two attached hydrogens (primary N) is 2. The summed E-state index contributed by atoms with van der Waals surface area (Å²) >= 11 is 0. The lowest BCUT2D eigenvalue weighted by Crippen LogP contribution is -2.43. The van der Waals surface area contributed by atoms with Crippen molar-refractivity contribution in [1.29, 1.82) is 0 Å². The Kier molecular flexibility index (Phi) is 8.67. The maximum atomic E-state index is 15.6. The summed E-state index contributed by atoms with van der Waals surface area (Å²) in [5.41, 5.74) is 15.2. The molecule has 0 bridgehead atoms. The van der Waals surface area contributed by atoms with Gasteiger partial charge in [0.2, 0.25) is 11.8 Å². The normalized spacial score (nSPS) is 30.4. The zero-order valence-electron chi connectivity index (χ0n) is 29.9. The minimum absolute atomic E-state index is 0.00864. The molecule has 0 aliphatic carbocycles. The van der Waals surface area contributed by atoms with Gasteiger partial charge in [0.05, 0.1) is 124 Å². The molecule has 288 valence electrons. The van der Waals surface area contributed by atoms with E-state index in [9.17, 15) is 9.59 Å². The summed E-state index contributed by atoms with van der Waals surface area (Å²) in [4.78, 5) is 62.1. The Labute approximate surface area is 310 Å². The van der Waals surface area contributed by atoms with Gasteiger partial charge < -0.3 is 59.2 Å². The molecule has 8 heterocycles. The fourth-order valence-corrected chi connectivity index (χ4v) is 8.01. The Balaban J connectivity index is 1.31. The van der Waals surface area contributed by atoms with E-state index in [2.05, 4.69) is 0 Å². The van der Waals surface area contributed by atoms with E-state index < -0.39 is 23.6 Å².